The highest BCUT2D eigenvalue weighted by atomic mass is 79.9. The summed E-state index contributed by atoms with van der Waals surface area (Å²) in [5, 5.41) is 0.485. The van der Waals surface area contributed by atoms with Gasteiger partial charge in [-0.15, -0.1) is 0 Å². The predicted octanol–water partition coefficient (Wildman–Crippen LogP) is 2.81. The van der Waals surface area contributed by atoms with Gasteiger partial charge in [0.25, 0.3) is 0 Å². The van der Waals surface area contributed by atoms with Crippen LogP contribution >= 0.6 is 27.5 Å². The van der Waals surface area contributed by atoms with E-state index in [4.69, 9.17) is 17.4 Å². The molecule has 1 aromatic heterocycles. The van der Waals surface area contributed by atoms with Crippen molar-refractivity contribution in [3.63, 3.8) is 0 Å². The molecule has 0 aliphatic carbocycles. The largest absolute Gasteiger partial charge is 0.354 e. The lowest BCUT2D eigenvalue weighted by molar-refractivity contribution is 0.891. The molecule has 1 aromatic carbocycles. The van der Waals surface area contributed by atoms with Crippen molar-refractivity contribution in [1.29, 1.82) is 0 Å². The zero-order chi connectivity index (χ0) is 13.8. The maximum absolute atomic E-state index is 6.10. The van der Waals surface area contributed by atoms with E-state index in [9.17, 15) is 0 Å². The van der Waals surface area contributed by atoms with E-state index in [-0.39, 0.29) is 0 Å². The lowest BCUT2D eigenvalue weighted by Gasteiger charge is -2.19. The molecule has 0 fully saturated rings. The Hall–Kier alpha value is -1.37. The van der Waals surface area contributed by atoms with Gasteiger partial charge in [-0.2, -0.15) is 4.98 Å². The van der Waals surface area contributed by atoms with E-state index in [0.717, 1.165) is 10.0 Å². The van der Waals surface area contributed by atoms with Crippen LogP contribution in [0.1, 0.15) is 5.56 Å². The lowest BCUT2D eigenvalue weighted by atomic mass is 10.2. The average molecular weight is 343 g/mol. The number of nitrogens with two attached hydrogens (primary N) is 1. The number of hydrazine groups is 1. The third kappa shape index (κ3) is 3.56. The van der Waals surface area contributed by atoms with Crippen LogP contribution in [0.25, 0.3) is 0 Å². The summed E-state index contributed by atoms with van der Waals surface area (Å²) in [6, 6.07) is 8.07. The number of nitrogens with zero attached hydrogens (tertiary/aromatic N) is 3. The second-order valence-electron chi connectivity index (χ2n) is 3.99. The average Bonchev–Trinajstić information content (AvgIpc) is 2.42. The number of halogens is 2. The van der Waals surface area contributed by atoms with Crippen LogP contribution in [0.2, 0.25) is 5.02 Å². The SMILES string of the molecule is CN(Cc1ccc(Br)cc1)c1nc(NN)ncc1Cl. The summed E-state index contributed by atoms with van der Waals surface area (Å²) in [4.78, 5) is 10.1. The molecule has 100 valence electrons. The minimum Gasteiger partial charge on any atom is -0.354 e. The van der Waals surface area contributed by atoms with Crippen LogP contribution < -0.4 is 16.2 Å². The van der Waals surface area contributed by atoms with E-state index in [1.807, 2.05) is 36.2 Å². The van der Waals surface area contributed by atoms with Crippen LogP contribution in [-0.2, 0) is 6.54 Å². The second-order valence-corrected chi connectivity index (χ2v) is 5.31. The van der Waals surface area contributed by atoms with Crippen molar-refractivity contribution in [3.8, 4) is 0 Å². The summed E-state index contributed by atoms with van der Waals surface area (Å²) in [7, 11) is 1.91. The first-order chi connectivity index (χ1) is 9.10. The highest BCUT2D eigenvalue weighted by Gasteiger charge is 2.10. The quantitative estimate of drug-likeness (QED) is 0.660. The Kier molecular flexibility index (Phi) is 4.57. The van der Waals surface area contributed by atoms with E-state index in [2.05, 4.69) is 31.3 Å². The highest BCUT2D eigenvalue weighted by Crippen LogP contribution is 2.24. The molecule has 3 N–H and O–H groups in total. The van der Waals surface area contributed by atoms with Crippen molar-refractivity contribution in [2.45, 2.75) is 6.54 Å². The smallest absolute Gasteiger partial charge is 0.239 e. The van der Waals surface area contributed by atoms with Gasteiger partial charge in [-0.1, -0.05) is 39.7 Å². The van der Waals surface area contributed by atoms with Gasteiger partial charge in [0.1, 0.15) is 5.02 Å². The zero-order valence-corrected chi connectivity index (χ0v) is 12.6. The molecule has 0 bridgehead atoms. The fourth-order valence-electron chi connectivity index (χ4n) is 1.63. The Morgan fingerprint density at radius 1 is 1.37 bits per heavy atom. The molecule has 1 heterocycles. The van der Waals surface area contributed by atoms with Crippen LogP contribution in [0.5, 0.6) is 0 Å². The van der Waals surface area contributed by atoms with Crippen LogP contribution in [-0.4, -0.2) is 17.0 Å². The molecule has 0 radical (unpaired) electrons. The summed E-state index contributed by atoms with van der Waals surface area (Å²) in [5.74, 6) is 6.26. The second kappa shape index (κ2) is 6.18. The Bertz CT molecular complexity index is 561. The first-order valence-electron chi connectivity index (χ1n) is 5.55. The van der Waals surface area contributed by atoms with Crippen molar-refractivity contribution in [1.82, 2.24) is 9.97 Å². The zero-order valence-electron chi connectivity index (χ0n) is 10.3. The van der Waals surface area contributed by atoms with Crippen molar-refractivity contribution in [2.75, 3.05) is 17.4 Å². The molecule has 0 aliphatic rings. The maximum Gasteiger partial charge on any atom is 0.239 e. The van der Waals surface area contributed by atoms with E-state index in [0.29, 0.717) is 23.3 Å². The van der Waals surface area contributed by atoms with E-state index < -0.39 is 0 Å². The van der Waals surface area contributed by atoms with Gasteiger partial charge in [-0.3, -0.25) is 5.43 Å². The van der Waals surface area contributed by atoms with E-state index in [1.165, 1.54) is 6.20 Å². The van der Waals surface area contributed by atoms with Crippen molar-refractivity contribution in [2.24, 2.45) is 5.84 Å². The molecule has 0 saturated heterocycles. The van der Waals surface area contributed by atoms with E-state index >= 15 is 0 Å². The molecule has 0 spiro atoms. The number of hydrogen-bond acceptors (Lipinski definition) is 5. The lowest BCUT2D eigenvalue weighted by Crippen LogP contribution is -2.20. The monoisotopic (exact) mass is 341 g/mol. The molecule has 2 aromatic rings. The van der Waals surface area contributed by atoms with Gasteiger partial charge in [0.2, 0.25) is 5.95 Å². The molecular formula is C12H13BrClN5. The van der Waals surface area contributed by atoms with Gasteiger partial charge in [-0.25, -0.2) is 10.8 Å². The Morgan fingerprint density at radius 3 is 2.68 bits per heavy atom. The number of hydrogen-bond donors (Lipinski definition) is 2. The summed E-state index contributed by atoms with van der Waals surface area (Å²) >= 11 is 9.51. The highest BCUT2D eigenvalue weighted by molar-refractivity contribution is 9.10. The first-order valence-corrected chi connectivity index (χ1v) is 6.72. The van der Waals surface area contributed by atoms with Gasteiger partial charge >= 0.3 is 0 Å². The standard InChI is InChI=1S/C12H13BrClN5/c1-19(7-8-2-4-9(13)5-3-8)11-10(14)6-16-12(17-11)18-15/h2-6H,7,15H2,1H3,(H,16,17,18). The van der Waals surface area contributed by atoms with Gasteiger partial charge in [0.15, 0.2) is 5.82 Å². The van der Waals surface area contributed by atoms with Crippen LogP contribution in [0.4, 0.5) is 11.8 Å². The van der Waals surface area contributed by atoms with Gasteiger partial charge in [0.05, 0.1) is 6.20 Å². The molecule has 19 heavy (non-hydrogen) atoms. The van der Waals surface area contributed by atoms with Crippen molar-refractivity contribution < 1.29 is 0 Å². The number of nitrogen functional groups attached to an aromatic ring is 1. The number of aromatic nitrogens is 2. The molecule has 0 amide bonds. The fourth-order valence-corrected chi connectivity index (χ4v) is 2.13. The molecule has 5 nitrogen and oxygen atoms in total. The summed E-state index contributed by atoms with van der Waals surface area (Å²) in [5.41, 5.74) is 3.56. The Labute approximate surface area is 124 Å². The molecule has 7 heteroatoms. The fraction of sp³-hybridized carbons (Fsp3) is 0.167. The third-order valence-electron chi connectivity index (χ3n) is 2.55. The summed E-state index contributed by atoms with van der Waals surface area (Å²) < 4.78 is 1.05. The predicted molar refractivity (Wildman–Crippen MR) is 81.1 cm³/mol. The van der Waals surface area contributed by atoms with Crippen LogP contribution in [0, 0.1) is 0 Å². The van der Waals surface area contributed by atoms with Crippen LogP contribution in [0.3, 0.4) is 0 Å². The third-order valence-corrected chi connectivity index (χ3v) is 3.34. The molecule has 0 aliphatic heterocycles. The van der Waals surface area contributed by atoms with E-state index in [1.54, 1.807) is 0 Å². The van der Waals surface area contributed by atoms with Crippen molar-refractivity contribution in [3.05, 3.63) is 45.5 Å². The summed E-state index contributed by atoms with van der Waals surface area (Å²) in [6.07, 6.45) is 1.52. The summed E-state index contributed by atoms with van der Waals surface area (Å²) in [6.45, 7) is 0.689. The Balaban J connectivity index is 2.19. The first kappa shape index (κ1) is 14.0. The van der Waals surface area contributed by atoms with Crippen LogP contribution in [0.15, 0.2) is 34.9 Å². The minimum atomic E-state index is 0.335. The topological polar surface area (TPSA) is 67.1 Å². The molecular weight excluding hydrogens is 330 g/mol. The molecule has 0 atom stereocenters. The minimum absolute atomic E-state index is 0.335. The molecule has 0 unspecified atom stereocenters. The molecule has 0 saturated carbocycles. The number of rotatable bonds is 4. The van der Waals surface area contributed by atoms with Crippen molar-refractivity contribution >= 4 is 39.3 Å². The number of anilines is 2. The molecule has 2 rings (SSSR count). The maximum atomic E-state index is 6.10. The van der Waals surface area contributed by atoms with Gasteiger partial charge < -0.3 is 4.90 Å². The van der Waals surface area contributed by atoms with Gasteiger partial charge in [0, 0.05) is 18.1 Å². The normalized spacial score (nSPS) is 10.3. The van der Waals surface area contributed by atoms with Gasteiger partial charge in [-0.05, 0) is 17.7 Å². The number of benzene rings is 1. The Morgan fingerprint density at radius 2 is 2.05 bits per heavy atom. The number of nitrogens with one attached hydrogen (secondary N) is 1.